The fraction of sp³-hybridized carbons (Fsp3) is 0.875. The van der Waals surface area contributed by atoms with E-state index in [0.717, 1.165) is 0 Å². The minimum absolute atomic E-state index is 0.322. The molecular weight excluding hydrogens is 174 g/mol. The molecule has 0 fully saturated rings. The standard InChI is InChI=1S/C8H17NO4/c1-7(11-4)13-8(10)12-6-5-9(2)3/h7H,5-6H2,1-4H3. The number of rotatable bonds is 5. The lowest BCUT2D eigenvalue weighted by atomic mass is 10.6. The molecule has 78 valence electrons. The third kappa shape index (κ3) is 7.55. The van der Waals surface area contributed by atoms with E-state index >= 15 is 0 Å². The maximum Gasteiger partial charge on any atom is 0.510 e. The molecule has 5 heteroatoms. The van der Waals surface area contributed by atoms with Crippen molar-refractivity contribution < 1.29 is 19.0 Å². The Morgan fingerprint density at radius 3 is 2.54 bits per heavy atom. The second-order valence-corrected chi connectivity index (χ2v) is 2.82. The van der Waals surface area contributed by atoms with E-state index in [4.69, 9.17) is 9.47 Å². The predicted octanol–water partition coefficient (Wildman–Crippen LogP) is 0.694. The molecule has 0 aliphatic carbocycles. The lowest BCUT2D eigenvalue weighted by Gasteiger charge is -2.12. The van der Waals surface area contributed by atoms with Gasteiger partial charge in [-0.1, -0.05) is 0 Å². The average Bonchev–Trinajstić information content (AvgIpc) is 2.03. The van der Waals surface area contributed by atoms with Crippen LogP contribution in [0.1, 0.15) is 6.92 Å². The van der Waals surface area contributed by atoms with Gasteiger partial charge in [-0.25, -0.2) is 4.79 Å². The number of hydrogen-bond acceptors (Lipinski definition) is 5. The van der Waals surface area contributed by atoms with E-state index in [1.54, 1.807) is 6.92 Å². The molecule has 0 aliphatic heterocycles. The first kappa shape index (κ1) is 12.2. The second-order valence-electron chi connectivity index (χ2n) is 2.82. The van der Waals surface area contributed by atoms with Crippen LogP contribution >= 0.6 is 0 Å². The highest BCUT2D eigenvalue weighted by Crippen LogP contribution is 1.94. The summed E-state index contributed by atoms with van der Waals surface area (Å²) < 4.78 is 14.1. The molecule has 0 aromatic rings. The molecular formula is C8H17NO4. The Balaban J connectivity index is 3.41. The van der Waals surface area contributed by atoms with Gasteiger partial charge in [0.25, 0.3) is 0 Å². The molecule has 0 heterocycles. The molecule has 0 rings (SSSR count). The van der Waals surface area contributed by atoms with Gasteiger partial charge in [0.15, 0.2) is 0 Å². The summed E-state index contributed by atoms with van der Waals surface area (Å²) in [5.41, 5.74) is 0. The van der Waals surface area contributed by atoms with Gasteiger partial charge in [0, 0.05) is 13.7 Å². The van der Waals surface area contributed by atoms with Gasteiger partial charge in [0.05, 0.1) is 0 Å². The third-order valence-electron chi connectivity index (χ3n) is 1.35. The van der Waals surface area contributed by atoms with Crippen LogP contribution in [0.4, 0.5) is 4.79 Å². The first-order chi connectivity index (χ1) is 6.06. The normalized spacial score (nSPS) is 12.7. The van der Waals surface area contributed by atoms with Crippen molar-refractivity contribution in [1.29, 1.82) is 0 Å². The summed E-state index contributed by atoms with van der Waals surface area (Å²) >= 11 is 0. The van der Waals surface area contributed by atoms with Gasteiger partial charge in [-0.05, 0) is 21.0 Å². The van der Waals surface area contributed by atoms with Crippen LogP contribution in [-0.4, -0.2) is 51.7 Å². The molecule has 13 heavy (non-hydrogen) atoms. The Kier molecular flexibility index (Phi) is 6.26. The lowest BCUT2D eigenvalue weighted by molar-refractivity contribution is -0.0919. The van der Waals surface area contributed by atoms with Crippen LogP contribution in [0.25, 0.3) is 0 Å². The SMILES string of the molecule is COC(C)OC(=O)OCCN(C)C. The fourth-order valence-electron chi connectivity index (χ4n) is 0.529. The smallest absolute Gasteiger partial charge is 0.433 e. The Morgan fingerprint density at radius 2 is 2.08 bits per heavy atom. The second kappa shape index (κ2) is 6.68. The molecule has 0 bridgehead atoms. The van der Waals surface area contributed by atoms with Crippen LogP contribution in [0.15, 0.2) is 0 Å². The third-order valence-corrected chi connectivity index (χ3v) is 1.35. The fourth-order valence-corrected chi connectivity index (χ4v) is 0.529. The molecule has 0 saturated heterocycles. The Hall–Kier alpha value is -0.810. The minimum atomic E-state index is -0.698. The van der Waals surface area contributed by atoms with Crippen molar-refractivity contribution in [3.63, 3.8) is 0 Å². The Bertz CT molecular complexity index is 149. The quantitative estimate of drug-likeness (QED) is 0.472. The molecule has 1 unspecified atom stereocenters. The van der Waals surface area contributed by atoms with Crippen LogP contribution in [0.2, 0.25) is 0 Å². The van der Waals surface area contributed by atoms with Gasteiger partial charge < -0.3 is 19.1 Å². The highest BCUT2D eigenvalue weighted by Gasteiger charge is 2.08. The van der Waals surface area contributed by atoms with E-state index < -0.39 is 12.4 Å². The van der Waals surface area contributed by atoms with Crippen molar-refractivity contribution >= 4 is 6.16 Å². The number of hydrogen-bond donors (Lipinski definition) is 0. The summed E-state index contributed by atoms with van der Waals surface area (Å²) in [5, 5.41) is 0. The Labute approximate surface area is 78.6 Å². The van der Waals surface area contributed by atoms with Crippen molar-refractivity contribution in [2.45, 2.75) is 13.2 Å². The van der Waals surface area contributed by atoms with E-state index in [-0.39, 0.29) is 0 Å². The largest absolute Gasteiger partial charge is 0.510 e. The molecule has 0 aromatic carbocycles. The van der Waals surface area contributed by atoms with Gasteiger partial charge in [-0.2, -0.15) is 0 Å². The molecule has 0 spiro atoms. The van der Waals surface area contributed by atoms with Crippen molar-refractivity contribution in [3.05, 3.63) is 0 Å². The zero-order valence-electron chi connectivity index (χ0n) is 8.57. The molecule has 5 nitrogen and oxygen atoms in total. The maximum atomic E-state index is 10.9. The number of carbonyl (C=O) groups excluding carboxylic acids is 1. The van der Waals surface area contributed by atoms with Gasteiger partial charge in [-0.15, -0.1) is 0 Å². The van der Waals surface area contributed by atoms with Crippen molar-refractivity contribution in [1.82, 2.24) is 4.90 Å². The molecule has 0 amide bonds. The van der Waals surface area contributed by atoms with Crippen LogP contribution in [0.3, 0.4) is 0 Å². The number of likely N-dealkylation sites (N-methyl/N-ethyl adjacent to an activating group) is 1. The first-order valence-electron chi connectivity index (χ1n) is 4.07. The van der Waals surface area contributed by atoms with Crippen LogP contribution < -0.4 is 0 Å². The molecule has 0 aromatic heterocycles. The Morgan fingerprint density at radius 1 is 1.46 bits per heavy atom. The van der Waals surface area contributed by atoms with Crippen molar-refractivity contribution in [2.75, 3.05) is 34.4 Å². The number of carbonyl (C=O) groups is 1. The number of nitrogens with zero attached hydrogens (tertiary/aromatic N) is 1. The summed E-state index contributed by atoms with van der Waals surface area (Å²) in [6, 6.07) is 0. The number of methoxy groups -OCH3 is 1. The van der Waals surface area contributed by atoms with Crippen molar-refractivity contribution in [3.8, 4) is 0 Å². The van der Waals surface area contributed by atoms with Crippen molar-refractivity contribution in [2.24, 2.45) is 0 Å². The van der Waals surface area contributed by atoms with Crippen LogP contribution in [0.5, 0.6) is 0 Å². The zero-order chi connectivity index (χ0) is 10.3. The predicted molar refractivity (Wildman–Crippen MR) is 47.5 cm³/mol. The van der Waals surface area contributed by atoms with E-state index in [1.807, 2.05) is 19.0 Å². The minimum Gasteiger partial charge on any atom is -0.433 e. The summed E-state index contributed by atoms with van der Waals surface area (Å²) in [4.78, 5) is 12.8. The highest BCUT2D eigenvalue weighted by atomic mass is 16.8. The summed E-state index contributed by atoms with van der Waals surface area (Å²) in [6.45, 7) is 2.62. The zero-order valence-corrected chi connectivity index (χ0v) is 8.57. The van der Waals surface area contributed by atoms with E-state index in [1.165, 1.54) is 7.11 Å². The topological polar surface area (TPSA) is 48.0 Å². The van der Waals surface area contributed by atoms with Gasteiger partial charge in [-0.3, -0.25) is 0 Å². The maximum absolute atomic E-state index is 10.9. The molecule has 1 atom stereocenters. The average molecular weight is 191 g/mol. The summed E-state index contributed by atoms with van der Waals surface area (Å²) in [6.07, 6.45) is -1.26. The van der Waals surface area contributed by atoms with Gasteiger partial charge in [0.2, 0.25) is 6.29 Å². The van der Waals surface area contributed by atoms with Crippen LogP contribution in [0, 0.1) is 0 Å². The number of ether oxygens (including phenoxy) is 3. The highest BCUT2D eigenvalue weighted by molar-refractivity contribution is 5.59. The van der Waals surface area contributed by atoms with E-state index in [0.29, 0.717) is 13.2 Å². The lowest BCUT2D eigenvalue weighted by Crippen LogP contribution is -2.23. The van der Waals surface area contributed by atoms with E-state index in [2.05, 4.69) is 4.74 Å². The molecule has 0 radical (unpaired) electrons. The summed E-state index contributed by atoms with van der Waals surface area (Å²) in [7, 11) is 5.25. The molecule has 0 N–H and O–H groups in total. The summed E-state index contributed by atoms with van der Waals surface area (Å²) in [5.74, 6) is 0. The first-order valence-corrected chi connectivity index (χ1v) is 4.07. The molecule has 0 saturated carbocycles. The molecule has 0 aliphatic rings. The monoisotopic (exact) mass is 191 g/mol. The van der Waals surface area contributed by atoms with Gasteiger partial charge >= 0.3 is 6.16 Å². The van der Waals surface area contributed by atoms with Crippen LogP contribution in [-0.2, 0) is 14.2 Å². The van der Waals surface area contributed by atoms with Gasteiger partial charge in [0.1, 0.15) is 6.61 Å². The van der Waals surface area contributed by atoms with E-state index in [9.17, 15) is 4.79 Å².